The zero-order valence-electron chi connectivity index (χ0n) is 5.93. The molecule has 1 rings (SSSR count). The number of rotatable bonds is 4. The zero-order chi connectivity index (χ0) is 6.69. The molecule has 1 aliphatic rings. The summed E-state index contributed by atoms with van der Waals surface area (Å²) in [5.74, 6) is 1.83. The van der Waals surface area contributed by atoms with E-state index in [0.717, 1.165) is 24.9 Å². The quantitative estimate of drug-likeness (QED) is 0.532. The second-order valence-electron chi connectivity index (χ2n) is 2.90. The SMILES string of the molecule is CC1CC1CNCCO. The zero-order valence-corrected chi connectivity index (χ0v) is 5.93. The lowest BCUT2D eigenvalue weighted by atomic mass is 10.3. The summed E-state index contributed by atoms with van der Waals surface area (Å²) in [4.78, 5) is 0. The molecule has 0 aromatic heterocycles. The molecule has 0 aromatic rings. The highest BCUT2D eigenvalue weighted by atomic mass is 16.3. The van der Waals surface area contributed by atoms with Crippen molar-refractivity contribution in [3.8, 4) is 0 Å². The molecular formula is C7H15NO. The lowest BCUT2D eigenvalue weighted by molar-refractivity contribution is 0.291. The van der Waals surface area contributed by atoms with Gasteiger partial charge in [-0.05, 0) is 24.8 Å². The minimum Gasteiger partial charge on any atom is -0.395 e. The van der Waals surface area contributed by atoms with Crippen molar-refractivity contribution >= 4 is 0 Å². The molecule has 2 nitrogen and oxygen atoms in total. The maximum absolute atomic E-state index is 8.40. The fraction of sp³-hybridized carbons (Fsp3) is 1.00. The van der Waals surface area contributed by atoms with E-state index in [4.69, 9.17) is 5.11 Å². The summed E-state index contributed by atoms with van der Waals surface area (Å²) < 4.78 is 0. The van der Waals surface area contributed by atoms with Crippen LogP contribution < -0.4 is 5.32 Å². The predicted molar refractivity (Wildman–Crippen MR) is 37.2 cm³/mol. The van der Waals surface area contributed by atoms with Crippen LogP contribution in [0.15, 0.2) is 0 Å². The molecule has 1 saturated carbocycles. The molecule has 2 atom stereocenters. The Labute approximate surface area is 56.3 Å². The van der Waals surface area contributed by atoms with E-state index in [9.17, 15) is 0 Å². The average molecular weight is 129 g/mol. The molecular weight excluding hydrogens is 114 g/mol. The number of hydrogen-bond donors (Lipinski definition) is 2. The predicted octanol–water partition coefficient (Wildman–Crippen LogP) is 0.224. The Morgan fingerprint density at radius 1 is 1.67 bits per heavy atom. The third-order valence-electron chi connectivity index (χ3n) is 1.97. The lowest BCUT2D eigenvalue weighted by Crippen LogP contribution is -2.20. The van der Waals surface area contributed by atoms with Gasteiger partial charge in [-0.15, -0.1) is 0 Å². The van der Waals surface area contributed by atoms with Gasteiger partial charge in [-0.3, -0.25) is 0 Å². The highest BCUT2D eigenvalue weighted by Crippen LogP contribution is 2.36. The van der Waals surface area contributed by atoms with Crippen molar-refractivity contribution < 1.29 is 5.11 Å². The second-order valence-corrected chi connectivity index (χ2v) is 2.90. The van der Waals surface area contributed by atoms with Crippen molar-refractivity contribution in [2.24, 2.45) is 11.8 Å². The van der Waals surface area contributed by atoms with Crippen LogP contribution in [-0.2, 0) is 0 Å². The highest BCUT2D eigenvalue weighted by molar-refractivity contribution is 4.83. The van der Waals surface area contributed by atoms with Crippen LogP contribution in [0.4, 0.5) is 0 Å². The molecule has 54 valence electrons. The van der Waals surface area contributed by atoms with Gasteiger partial charge in [0.25, 0.3) is 0 Å². The third kappa shape index (κ3) is 2.33. The smallest absolute Gasteiger partial charge is 0.0555 e. The Kier molecular flexibility index (Phi) is 2.49. The van der Waals surface area contributed by atoms with E-state index >= 15 is 0 Å². The Bertz CT molecular complexity index is 85.0. The van der Waals surface area contributed by atoms with Crippen molar-refractivity contribution in [1.82, 2.24) is 5.32 Å². The molecule has 0 aliphatic heterocycles. The van der Waals surface area contributed by atoms with Gasteiger partial charge in [0.1, 0.15) is 0 Å². The maximum atomic E-state index is 8.40. The van der Waals surface area contributed by atoms with Crippen LogP contribution in [-0.4, -0.2) is 24.8 Å². The Balaban J connectivity index is 1.83. The van der Waals surface area contributed by atoms with Gasteiger partial charge in [0, 0.05) is 6.54 Å². The molecule has 2 unspecified atom stereocenters. The van der Waals surface area contributed by atoms with E-state index in [2.05, 4.69) is 12.2 Å². The van der Waals surface area contributed by atoms with Gasteiger partial charge in [0.05, 0.1) is 6.61 Å². The first-order valence-electron chi connectivity index (χ1n) is 3.66. The summed E-state index contributed by atoms with van der Waals surface area (Å²) in [5, 5.41) is 11.6. The maximum Gasteiger partial charge on any atom is 0.0555 e. The van der Waals surface area contributed by atoms with Gasteiger partial charge in [-0.25, -0.2) is 0 Å². The molecule has 0 amide bonds. The van der Waals surface area contributed by atoms with Gasteiger partial charge in [0.2, 0.25) is 0 Å². The molecule has 0 heterocycles. The summed E-state index contributed by atoms with van der Waals surface area (Å²) in [6.07, 6.45) is 1.37. The van der Waals surface area contributed by atoms with E-state index in [1.165, 1.54) is 6.42 Å². The van der Waals surface area contributed by atoms with Crippen molar-refractivity contribution in [3.63, 3.8) is 0 Å². The second kappa shape index (κ2) is 3.18. The monoisotopic (exact) mass is 129 g/mol. The molecule has 1 aliphatic carbocycles. The molecule has 0 saturated heterocycles. The average Bonchev–Trinajstić information content (AvgIpc) is 2.48. The summed E-state index contributed by atoms with van der Waals surface area (Å²) in [6.45, 7) is 4.39. The largest absolute Gasteiger partial charge is 0.395 e. The molecule has 0 aromatic carbocycles. The summed E-state index contributed by atoms with van der Waals surface area (Å²) in [6, 6.07) is 0. The van der Waals surface area contributed by atoms with E-state index in [1.54, 1.807) is 0 Å². The fourth-order valence-corrected chi connectivity index (χ4v) is 1.05. The van der Waals surface area contributed by atoms with E-state index in [1.807, 2.05) is 0 Å². The lowest BCUT2D eigenvalue weighted by Gasteiger charge is -1.98. The number of hydrogen-bond acceptors (Lipinski definition) is 2. The van der Waals surface area contributed by atoms with Crippen LogP contribution in [0.2, 0.25) is 0 Å². The first-order valence-corrected chi connectivity index (χ1v) is 3.66. The van der Waals surface area contributed by atoms with Crippen LogP contribution in [0.25, 0.3) is 0 Å². The van der Waals surface area contributed by atoms with Crippen molar-refractivity contribution in [3.05, 3.63) is 0 Å². The van der Waals surface area contributed by atoms with Gasteiger partial charge in [-0.2, -0.15) is 0 Å². The van der Waals surface area contributed by atoms with Crippen molar-refractivity contribution in [2.75, 3.05) is 19.7 Å². The molecule has 2 N–H and O–H groups in total. The molecule has 0 spiro atoms. The number of aliphatic hydroxyl groups excluding tert-OH is 1. The van der Waals surface area contributed by atoms with Crippen LogP contribution in [0, 0.1) is 11.8 Å². The van der Waals surface area contributed by atoms with Gasteiger partial charge < -0.3 is 10.4 Å². The minimum absolute atomic E-state index is 0.265. The van der Waals surface area contributed by atoms with E-state index < -0.39 is 0 Å². The van der Waals surface area contributed by atoms with Crippen LogP contribution in [0.5, 0.6) is 0 Å². The van der Waals surface area contributed by atoms with Crippen LogP contribution >= 0.6 is 0 Å². The third-order valence-corrected chi connectivity index (χ3v) is 1.97. The summed E-state index contributed by atoms with van der Waals surface area (Å²) in [7, 11) is 0. The molecule has 2 heteroatoms. The van der Waals surface area contributed by atoms with E-state index in [-0.39, 0.29) is 6.61 Å². The molecule has 0 bridgehead atoms. The normalized spacial score (nSPS) is 32.7. The number of nitrogens with one attached hydrogen (secondary N) is 1. The molecule has 1 fully saturated rings. The molecule has 9 heavy (non-hydrogen) atoms. The van der Waals surface area contributed by atoms with Gasteiger partial charge in [-0.1, -0.05) is 6.92 Å². The molecule has 0 radical (unpaired) electrons. The topological polar surface area (TPSA) is 32.3 Å². The van der Waals surface area contributed by atoms with Crippen LogP contribution in [0.3, 0.4) is 0 Å². The van der Waals surface area contributed by atoms with Gasteiger partial charge in [0.15, 0.2) is 0 Å². The van der Waals surface area contributed by atoms with Crippen molar-refractivity contribution in [2.45, 2.75) is 13.3 Å². The van der Waals surface area contributed by atoms with Gasteiger partial charge >= 0.3 is 0 Å². The van der Waals surface area contributed by atoms with E-state index in [0.29, 0.717) is 0 Å². The summed E-state index contributed by atoms with van der Waals surface area (Å²) >= 11 is 0. The Hall–Kier alpha value is -0.0800. The minimum atomic E-state index is 0.265. The number of aliphatic hydroxyl groups is 1. The Morgan fingerprint density at radius 3 is 2.78 bits per heavy atom. The first kappa shape index (κ1) is 7.03. The first-order chi connectivity index (χ1) is 4.34. The van der Waals surface area contributed by atoms with Crippen molar-refractivity contribution in [1.29, 1.82) is 0 Å². The highest BCUT2D eigenvalue weighted by Gasteiger charge is 2.31. The standard InChI is InChI=1S/C7H15NO/c1-6-4-7(6)5-8-2-3-9/h6-9H,2-5H2,1H3. The fourth-order valence-electron chi connectivity index (χ4n) is 1.05. The van der Waals surface area contributed by atoms with Crippen LogP contribution in [0.1, 0.15) is 13.3 Å². The Morgan fingerprint density at radius 2 is 2.33 bits per heavy atom. The summed E-state index contributed by atoms with van der Waals surface area (Å²) in [5.41, 5.74) is 0.